The SMILES string of the molecule is C=CCNC(=S)Nc1cn(CC)nc1C(N)=O. The summed E-state index contributed by atoms with van der Waals surface area (Å²) in [7, 11) is 0. The Kier molecular flexibility index (Phi) is 4.65. The number of primary amides is 1. The molecule has 1 amide bonds. The van der Waals surface area contributed by atoms with Gasteiger partial charge in [0.1, 0.15) is 0 Å². The number of carbonyl (C=O) groups is 1. The van der Waals surface area contributed by atoms with E-state index in [4.69, 9.17) is 18.0 Å². The van der Waals surface area contributed by atoms with Gasteiger partial charge in [-0.3, -0.25) is 9.48 Å². The first-order valence-electron chi connectivity index (χ1n) is 5.11. The minimum absolute atomic E-state index is 0.176. The average Bonchev–Trinajstić information content (AvgIpc) is 2.69. The summed E-state index contributed by atoms with van der Waals surface area (Å²) in [5.74, 6) is -0.591. The Labute approximate surface area is 105 Å². The molecule has 0 unspecified atom stereocenters. The van der Waals surface area contributed by atoms with Crippen molar-refractivity contribution in [2.75, 3.05) is 11.9 Å². The molecule has 4 N–H and O–H groups in total. The van der Waals surface area contributed by atoms with Crippen LogP contribution in [-0.4, -0.2) is 27.3 Å². The van der Waals surface area contributed by atoms with Crippen LogP contribution < -0.4 is 16.4 Å². The quantitative estimate of drug-likeness (QED) is 0.525. The normalized spacial score (nSPS) is 9.71. The summed E-state index contributed by atoms with van der Waals surface area (Å²) >= 11 is 5.03. The van der Waals surface area contributed by atoms with Crippen molar-refractivity contribution in [2.45, 2.75) is 13.5 Å². The van der Waals surface area contributed by atoms with Crippen LogP contribution in [0.15, 0.2) is 18.9 Å². The largest absolute Gasteiger partial charge is 0.364 e. The fourth-order valence-electron chi connectivity index (χ4n) is 1.19. The van der Waals surface area contributed by atoms with Gasteiger partial charge in [0.05, 0.1) is 5.69 Å². The monoisotopic (exact) mass is 253 g/mol. The fourth-order valence-corrected chi connectivity index (χ4v) is 1.38. The zero-order valence-electron chi connectivity index (χ0n) is 9.56. The van der Waals surface area contributed by atoms with Gasteiger partial charge in [-0.1, -0.05) is 6.08 Å². The lowest BCUT2D eigenvalue weighted by molar-refractivity contribution is 0.0995. The van der Waals surface area contributed by atoms with Crippen LogP contribution in [0.2, 0.25) is 0 Å². The highest BCUT2D eigenvalue weighted by Gasteiger charge is 2.14. The molecule has 17 heavy (non-hydrogen) atoms. The molecule has 0 fully saturated rings. The summed E-state index contributed by atoms with van der Waals surface area (Å²) < 4.78 is 1.61. The van der Waals surface area contributed by atoms with Crippen molar-refractivity contribution in [3.63, 3.8) is 0 Å². The molecular weight excluding hydrogens is 238 g/mol. The number of nitrogens with zero attached hydrogens (tertiary/aromatic N) is 2. The molecule has 0 saturated heterocycles. The number of hydrogen-bond donors (Lipinski definition) is 3. The molecule has 92 valence electrons. The lowest BCUT2D eigenvalue weighted by atomic mass is 10.3. The summed E-state index contributed by atoms with van der Waals surface area (Å²) in [6.07, 6.45) is 3.36. The summed E-state index contributed by atoms with van der Waals surface area (Å²) in [5.41, 5.74) is 5.90. The molecule has 0 bridgehead atoms. The number of anilines is 1. The Morgan fingerprint density at radius 3 is 3.00 bits per heavy atom. The minimum Gasteiger partial charge on any atom is -0.364 e. The van der Waals surface area contributed by atoms with Crippen molar-refractivity contribution in [2.24, 2.45) is 5.73 Å². The van der Waals surface area contributed by atoms with Gasteiger partial charge >= 0.3 is 0 Å². The second kappa shape index (κ2) is 6.00. The van der Waals surface area contributed by atoms with Gasteiger partial charge in [0, 0.05) is 19.3 Å². The van der Waals surface area contributed by atoms with E-state index in [0.29, 0.717) is 23.9 Å². The van der Waals surface area contributed by atoms with E-state index in [2.05, 4.69) is 22.3 Å². The van der Waals surface area contributed by atoms with E-state index in [0.717, 1.165) is 0 Å². The van der Waals surface area contributed by atoms with Crippen molar-refractivity contribution < 1.29 is 4.79 Å². The van der Waals surface area contributed by atoms with Gasteiger partial charge in [0.25, 0.3) is 5.91 Å². The maximum atomic E-state index is 11.2. The van der Waals surface area contributed by atoms with E-state index in [1.54, 1.807) is 17.0 Å². The third-order valence-corrected chi connectivity index (χ3v) is 2.22. The Hall–Kier alpha value is -1.89. The Balaban J connectivity index is 2.81. The van der Waals surface area contributed by atoms with E-state index in [1.165, 1.54) is 0 Å². The molecule has 0 atom stereocenters. The zero-order valence-corrected chi connectivity index (χ0v) is 10.4. The molecule has 1 aromatic rings. The molecule has 0 aliphatic rings. The lowest BCUT2D eigenvalue weighted by Crippen LogP contribution is -2.29. The Morgan fingerprint density at radius 2 is 2.47 bits per heavy atom. The van der Waals surface area contributed by atoms with Gasteiger partial charge in [-0.05, 0) is 19.1 Å². The maximum absolute atomic E-state index is 11.2. The molecule has 0 aromatic carbocycles. The van der Waals surface area contributed by atoms with Crippen LogP contribution in [-0.2, 0) is 6.54 Å². The number of hydrogen-bond acceptors (Lipinski definition) is 3. The third kappa shape index (κ3) is 3.56. The van der Waals surface area contributed by atoms with Gasteiger partial charge in [-0.2, -0.15) is 5.10 Å². The molecule has 0 spiro atoms. The number of carbonyl (C=O) groups excluding carboxylic acids is 1. The van der Waals surface area contributed by atoms with Gasteiger partial charge in [-0.25, -0.2) is 0 Å². The fraction of sp³-hybridized carbons (Fsp3) is 0.300. The number of nitrogens with two attached hydrogens (primary N) is 1. The Bertz CT molecular complexity index is 440. The van der Waals surface area contributed by atoms with Crippen molar-refractivity contribution in [1.82, 2.24) is 15.1 Å². The summed E-state index contributed by atoms with van der Waals surface area (Å²) in [4.78, 5) is 11.2. The summed E-state index contributed by atoms with van der Waals surface area (Å²) in [6.45, 7) is 6.66. The van der Waals surface area contributed by atoms with E-state index in [-0.39, 0.29) is 5.69 Å². The summed E-state index contributed by atoms with van der Waals surface area (Å²) in [6, 6.07) is 0. The molecule has 0 saturated carbocycles. The molecule has 0 aliphatic carbocycles. The zero-order chi connectivity index (χ0) is 12.8. The van der Waals surface area contributed by atoms with Gasteiger partial charge in [0.15, 0.2) is 10.8 Å². The van der Waals surface area contributed by atoms with Crippen LogP contribution in [0.5, 0.6) is 0 Å². The topological polar surface area (TPSA) is 85.0 Å². The molecule has 7 heteroatoms. The average molecular weight is 253 g/mol. The lowest BCUT2D eigenvalue weighted by Gasteiger charge is -2.07. The van der Waals surface area contributed by atoms with Crippen LogP contribution >= 0.6 is 12.2 Å². The molecule has 1 heterocycles. The smallest absolute Gasteiger partial charge is 0.271 e. The van der Waals surface area contributed by atoms with E-state index < -0.39 is 5.91 Å². The van der Waals surface area contributed by atoms with Crippen LogP contribution in [0.1, 0.15) is 17.4 Å². The van der Waals surface area contributed by atoms with Crippen molar-refractivity contribution in [3.05, 3.63) is 24.5 Å². The first-order chi connectivity index (χ1) is 8.08. The standard InChI is InChI=1S/C10H15N5OS/c1-3-5-12-10(17)13-7-6-15(4-2)14-8(7)9(11)16/h3,6H,1,4-5H2,2H3,(H2,11,16)(H2,12,13,17). The van der Waals surface area contributed by atoms with Gasteiger partial charge in [-0.15, -0.1) is 6.58 Å². The Morgan fingerprint density at radius 1 is 1.76 bits per heavy atom. The van der Waals surface area contributed by atoms with Crippen LogP contribution in [0.3, 0.4) is 0 Å². The molecule has 0 aliphatic heterocycles. The molecule has 1 rings (SSSR count). The number of nitrogens with one attached hydrogen (secondary N) is 2. The van der Waals surface area contributed by atoms with Crippen LogP contribution in [0.4, 0.5) is 5.69 Å². The van der Waals surface area contributed by atoms with Crippen LogP contribution in [0.25, 0.3) is 0 Å². The van der Waals surface area contributed by atoms with Crippen molar-refractivity contribution in [1.29, 1.82) is 0 Å². The van der Waals surface area contributed by atoms with Crippen molar-refractivity contribution >= 4 is 28.9 Å². The maximum Gasteiger partial charge on any atom is 0.271 e. The van der Waals surface area contributed by atoms with Gasteiger partial charge < -0.3 is 16.4 Å². The predicted octanol–water partition coefficient (Wildman–Crippen LogP) is 0.474. The van der Waals surface area contributed by atoms with E-state index in [9.17, 15) is 4.79 Å². The second-order valence-electron chi connectivity index (χ2n) is 3.24. The highest BCUT2D eigenvalue weighted by molar-refractivity contribution is 7.80. The highest BCUT2D eigenvalue weighted by Crippen LogP contribution is 2.12. The first-order valence-corrected chi connectivity index (χ1v) is 5.52. The molecule has 0 radical (unpaired) electrons. The van der Waals surface area contributed by atoms with Gasteiger partial charge in [0.2, 0.25) is 0 Å². The number of aryl methyl sites for hydroxylation is 1. The minimum atomic E-state index is -0.591. The predicted molar refractivity (Wildman–Crippen MR) is 70.8 cm³/mol. The molecular formula is C10H15N5OS. The van der Waals surface area contributed by atoms with Crippen LogP contribution in [0, 0.1) is 0 Å². The molecule has 6 nitrogen and oxygen atoms in total. The highest BCUT2D eigenvalue weighted by atomic mass is 32.1. The number of rotatable bonds is 5. The second-order valence-corrected chi connectivity index (χ2v) is 3.64. The number of thiocarbonyl (C=S) groups is 1. The third-order valence-electron chi connectivity index (χ3n) is 1.97. The van der Waals surface area contributed by atoms with E-state index >= 15 is 0 Å². The van der Waals surface area contributed by atoms with Crippen molar-refractivity contribution in [3.8, 4) is 0 Å². The number of aromatic nitrogens is 2. The first kappa shape index (κ1) is 13.2. The summed E-state index contributed by atoms with van der Waals surface area (Å²) in [5, 5.41) is 10.2. The van der Waals surface area contributed by atoms with E-state index in [1.807, 2.05) is 6.92 Å². The molecule has 1 aromatic heterocycles. The number of amides is 1.